The quantitative estimate of drug-likeness (QED) is 0.540. The minimum absolute atomic E-state index is 0.706. The van der Waals surface area contributed by atoms with Crippen LogP contribution in [0.5, 0.6) is 0 Å². The zero-order valence-corrected chi connectivity index (χ0v) is 6.99. The van der Waals surface area contributed by atoms with Gasteiger partial charge in [0.15, 0.2) is 0 Å². The van der Waals surface area contributed by atoms with Crippen molar-refractivity contribution in [3.05, 3.63) is 35.6 Å². The molecule has 1 aromatic carbocycles. The molecule has 0 aliphatic heterocycles. The fraction of sp³-hybridized carbons (Fsp3) is 0.125. The van der Waals surface area contributed by atoms with Gasteiger partial charge in [0.2, 0.25) is 0 Å². The van der Waals surface area contributed by atoms with Crippen molar-refractivity contribution in [3.63, 3.8) is 0 Å². The van der Waals surface area contributed by atoms with Crippen molar-refractivity contribution in [3.8, 4) is 0 Å². The van der Waals surface area contributed by atoms with E-state index in [-0.39, 0.29) is 0 Å². The van der Waals surface area contributed by atoms with E-state index in [1.807, 2.05) is 0 Å². The molecule has 70 valence electrons. The monoisotopic (exact) mass is 208 g/mol. The van der Waals surface area contributed by atoms with Crippen LogP contribution in [0.2, 0.25) is 0 Å². The second-order valence-electron chi connectivity index (χ2n) is 2.31. The number of hydrogen-bond acceptors (Lipinski definition) is 1. The first-order valence-electron chi connectivity index (χ1n) is 3.29. The summed E-state index contributed by atoms with van der Waals surface area (Å²) in [6, 6.07) is 4.43. The Morgan fingerprint density at radius 1 is 1.31 bits per heavy atom. The fourth-order valence-corrected chi connectivity index (χ4v) is 0.900. The summed E-state index contributed by atoms with van der Waals surface area (Å²) in [7, 11) is 0. The molecule has 0 aromatic heterocycles. The van der Waals surface area contributed by atoms with E-state index >= 15 is 0 Å². The second kappa shape index (κ2) is 3.38. The summed E-state index contributed by atoms with van der Waals surface area (Å²) in [4.78, 5) is 10.8. The third-order valence-corrected chi connectivity index (χ3v) is 1.55. The van der Waals surface area contributed by atoms with Crippen molar-refractivity contribution in [1.82, 2.24) is 0 Å². The Hall–Kier alpha value is -1.03. The molecule has 0 amide bonds. The smallest absolute Gasteiger partial charge is 0.286 e. The molecule has 0 bridgehead atoms. The second-order valence-corrected chi connectivity index (χ2v) is 2.78. The summed E-state index contributed by atoms with van der Waals surface area (Å²) in [6.07, 6.45) is 0. The van der Waals surface area contributed by atoms with Gasteiger partial charge >= 0.3 is 5.38 Å². The van der Waals surface area contributed by atoms with Gasteiger partial charge in [-0.2, -0.15) is 8.78 Å². The minimum Gasteiger partial charge on any atom is -0.286 e. The van der Waals surface area contributed by atoms with Crippen LogP contribution in [0, 0.1) is 5.82 Å². The summed E-state index contributed by atoms with van der Waals surface area (Å²) in [5, 5.41) is -4.05. The Balaban J connectivity index is 3.10. The van der Waals surface area contributed by atoms with Crippen LogP contribution in [0.4, 0.5) is 13.2 Å². The van der Waals surface area contributed by atoms with Gasteiger partial charge in [0.1, 0.15) is 5.82 Å². The topological polar surface area (TPSA) is 17.1 Å². The normalized spacial score (nSPS) is 11.4. The van der Waals surface area contributed by atoms with Gasteiger partial charge in [-0.1, -0.05) is 12.1 Å². The number of ketones is 1. The number of carbonyl (C=O) groups is 1. The average Bonchev–Trinajstić information content (AvgIpc) is 2.02. The van der Waals surface area contributed by atoms with Crippen molar-refractivity contribution < 1.29 is 18.0 Å². The maximum atomic E-state index is 12.8. The zero-order valence-electron chi connectivity index (χ0n) is 6.23. The molecule has 0 N–H and O–H groups in total. The van der Waals surface area contributed by atoms with Crippen LogP contribution < -0.4 is 0 Å². The SMILES string of the molecule is O=C(c1ccccc1F)C(F)(F)Cl. The molecule has 0 aliphatic carbocycles. The van der Waals surface area contributed by atoms with E-state index in [2.05, 4.69) is 11.6 Å². The first-order chi connectivity index (χ1) is 5.93. The summed E-state index contributed by atoms with van der Waals surface area (Å²) in [5.74, 6) is -2.74. The van der Waals surface area contributed by atoms with Crippen LogP contribution in [-0.4, -0.2) is 11.2 Å². The molecule has 5 heteroatoms. The number of rotatable bonds is 2. The van der Waals surface area contributed by atoms with Crippen LogP contribution in [0.15, 0.2) is 24.3 Å². The number of Topliss-reactive ketones (excluding diaryl/α,β-unsaturated/α-hetero) is 1. The molecule has 0 saturated carbocycles. The summed E-state index contributed by atoms with van der Waals surface area (Å²) >= 11 is 4.44. The summed E-state index contributed by atoms with van der Waals surface area (Å²) in [6.45, 7) is 0. The zero-order chi connectivity index (χ0) is 10.1. The van der Waals surface area contributed by atoms with Gasteiger partial charge in [-0.15, -0.1) is 0 Å². The van der Waals surface area contributed by atoms with E-state index in [4.69, 9.17) is 0 Å². The molecule has 0 fully saturated rings. The molecule has 1 rings (SSSR count). The maximum Gasteiger partial charge on any atom is 0.385 e. The summed E-state index contributed by atoms with van der Waals surface area (Å²) in [5.41, 5.74) is -0.706. The molecule has 0 aliphatic rings. The third kappa shape index (κ3) is 2.21. The van der Waals surface area contributed by atoms with Gasteiger partial charge in [-0.05, 0) is 23.7 Å². The van der Waals surface area contributed by atoms with Crippen molar-refractivity contribution in [1.29, 1.82) is 0 Å². The molecule has 0 saturated heterocycles. The molecule has 0 spiro atoms. The lowest BCUT2D eigenvalue weighted by molar-refractivity contribution is 0.0531. The van der Waals surface area contributed by atoms with Gasteiger partial charge < -0.3 is 0 Å². The number of hydrogen-bond donors (Lipinski definition) is 0. The van der Waals surface area contributed by atoms with Crippen LogP contribution in [0.3, 0.4) is 0 Å². The number of benzene rings is 1. The van der Waals surface area contributed by atoms with E-state index in [1.54, 1.807) is 0 Å². The molecule has 1 aromatic rings. The van der Waals surface area contributed by atoms with Crippen molar-refractivity contribution in [2.24, 2.45) is 0 Å². The molecule has 0 radical (unpaired) electrons. The molecule has 0 heterocycles. The van der Waals surface area contributed by atoms with Crippen molar-refractivity contribution in [2.45, 2.75) is 5.38 Å². The Morgan fingerprint density at radius 2 is 1.85 bits per heavy atom. The van der Waals surface area contributed by atoms with Crippen LogP contribution in [-0.2, 0) is 0 Å². The highest BCUT2D eigenvalue weighted by Crippen LogP contribution is 2.25. The molecule has 1 nitrogen and oxygen atoms in total. The maximum absolute atomic E-state index is 12.8. The van der Waals surface area contributed by atoms with Crippen molar-refractivity contribution in [2.75, 3.05) is 0 Å². The van der Waals surface area contributed by atoms with E-state index < -0.39 is 22.5 Å². The van der Waals surface area contributed by atoms with Crippen molar-refractivity contribution >= 4 is 17.4 Å². The Kier molecular flexibility index (Phi) is 2.61. The molecular weight excluding hydrogens is 205 g/mol. The lowest BCUT2D eigenvalue weighted by Crippen LogP contribution is -2.22. The van der Waals surface area contributed by atoms with Gasteiger partial charge in [-0.25, -0.2) is 4.39 Å². The van der Waals surface area contributed by atoms with Crippen LogP contribution in [0.25, 0.3) is 0 Å². The largest absolute Gasteiger partial charge is 0.385 e. The Bertz CT molecular complexity index is 332. The highest BCUT2D eigenvalue weighted by Gasteiger charge is 2.37. The van der Waals surface area contributed by atoms with Gasteiger partial charge in [0.05, 0.1) is 5.56 Å². The molecule has 0 unspecified atom stereocenters. The van der Waals surface area contributed by atoms with E-state index in [0.717, 1.165) is 12.1 Å². The van der Waals surface area contributed by atoms with Crippen LogP contribution >= 0.6 is 11.6 Å². The average molecular weight is 209 g/mol. The lowest BCUT2D eigenvalue weighted by Gasteiger charge is -2.06. The number of carbonyl (C=O) groups excluding carboxylic acids is 1. The number of alkyl halides is 3. The first kappa shape index (κ1) is 10.1. The predicted octanol–water partition coefficient (Wildman–Crippen LogP) is 2.84. The Morgan fingerprint density at radius 3 is 2.31 bits per heavy atom. The van der Waals surface area contributed by atoms with Gasteiger partial charge in [0.25, 0.3) is 5.78 Å². The van der Waals surface area contributed by atoms with E-state index in [9.17, 15) is 18.0 Å². The standard InChI is InChI=1S/C8H4ClF3O/c9-8(11,12)7(13)5-3-1-2-4-6(5)10/h1-4H. The number of halogens is 4. The van der Waals surface area contributed by atoms with E-state index in [1.165, 1.54) is 12.1 Å². The van der Waals surface area contributed by atoms with Gasteiger partial charge in [-0.3, -0.25) is 4.79 Å². The van der Waals surface area contributed by atoms with E-state index in [0.29, 0.717) is 0 Å². The lowest BCUT2D eigenvalue weighted by atomic mass is 10.1. The highest BCUT2D eigenvalue weighted by molar-refractivity contribution is 6.35. The minimum atomic E-state index is -4.05. The fourth-order valence-electron chi connectivity index (χ4n) is 0.798. The summed E-state index contributed by atoms with van der Waals surface area (Å²) < 4.78 is 37.2. The molecule has 13 heavy (non-hydrogen) atoms. The first-order valence-corrected chi connectivity index (χ1v) is 3.67. The molecular formula is C8H4ClF3O. The molecule has 0 atom stereocenters. The predicted molar refractivity (Wildman–Crippen MR) is 41.5 cm³/mol. The van der Waals surface area contributed by atoms with Gasteiger partial charge in [0, 0.05) is 0 Å². The Labute approximate surface area is 77.1 Å². The highest BCUT2D eigenvalue weighted by atomic mass is 35.5. The van der Waals surface area contributed by atoms with Crippen LogP contribution in [0.1, 0.15) is 10.4 Å². The third-order valence-electron chi connectivity index (χ3n) is 1.38.